The number of aromatic carboxylic acids is 1. The van der Waals surface area contributed by atoms with Gasteiger partial charge in [0, 0.05) is 0 Å². The van der Waals surface area contributed by atoms with Crippen LogP contribution in [0.25, 0.3) is 0 Å². The Morgan fingerprint density at radius 1 is 1.50 bits per heavy atom. The van der Waals surface area contributed by atoms with E-state index in [9.17, 15) is 9.59 Å². The molecule has 3 N–H and O–H groups in total. The Morgan fingerprint density at radius 2 is 2.14 bits per heavy atom. The van der Waals surface area contributed by atoms with Crippen molar-refractivity contribution in [1.29, 1.82) is 0 Å². The van der Waals surface area contributed by atoms with Gasteiger partial charge in [0.1, 0.15) is 11.4 Å². The van der Waals surface area contributed by atoms with E-state index in [-0.39, 0.29) is 17.1 Å². The summed E-state index contributed by atoms with van der Waals surface area (Å²) < 4.78 is 4.39. The highest BCUT2D eigenvalue weighted by molar-refractivity contribution is 5.94. The molecule has 0 aliphatic rings. The second-order valence-corrected chi connectivity index (χ2v) is 2.43. The van der Waals surface area contributed by atoms with E-state index in [1.54, 1.807) is 0 Å². The smallest absolute Gasteiger partial charge is 0.356 e. The highest BCUT2D eigenvalue weighted by Gasteiger charge is 2.13. The molecule has 0 radical (unpaired) electrons. The molecule has 6 nitrogen and oxygen atoms in total. The van der Waals surface area contributed by atoms with Gasteiger partial charge in [-0.05, 0) is 12.1 Å². The molecule has 0 saturated heterocycles. The number of methoxy groups -OCH3 is 1. The van der Waals surface area contributed by atoms with E-state index in [0.29, 0.717) is 0 Å². The number of carboxylic acid groups (broad SMARTS) is 1. The number of hydrogen-bond acceptors (Lipinski definition) is 5. The van der Waals surface area contributed by atoms with E-state index in [1.807, 2.05) is 0 Å². The van der Waals surface area contributed by atoms with Crippen molar-refractivity contribution < 1.29 is 19.4 Å². The molecule has 0 spiro atoms. The number of anilines is 1. The van der Waals surface area contributed by atoms with Crippen LogP contribution in [-0.4, -0.2) is 29.1 Å². The van der Waals surface area contributed by atoms with Crippen molar-refractivity contribution in [1.82, 2.24) is 4.98 Å². The van der Waals surface area contributed by atoms with Crippen molar-refractivity contribution in [3.05, 3.63) is 23.4 Å². The number of carboxylic acids is 1. The Balaban J connectivity index is 3.12. The Bertz CT molecular complexity index is 389. The number of aromatic nitrogens is 1. The third-order valence-electron chi connectivity index (χ3n) is 1.55. The summed E-state index contributed by atoms with van der Waals surface area (Å²) in [5.41, 5.74) is 5.16. The lowest BCUT2D eigenvalue weighted by molar-refractivity contribution is 0.0592. The molecule has 0 unspecified atom stereocenters. The Hall–Kier alpha value is -2.11. The SMILES string of the molecule is COC(=O)c1ccc(C(=O)O)c(N)n1. The summed E-state index contributed by atoms with van der Waals surface area (Å²) in [6.07, 6.45) is 0. The summed E-state index contributed by atoms with van der Waals surface area (Å²) in [4.78, 5) is 25.1. The molecule has 1 heterocycles. The number of nitrogens with zero attached hydrogens (tertiary/aromatic N) is 1. The van der Waals surface area contributed by atoms with Gasteiger partial charge in [-0.1, -0.05) is 0 Å². The molecule has 0 amide bonds. The predicted octanol–water partition coefficient (Wildman–Crippen LogP) is 0.149. The normalized spacial score (nSPS) is 9.50. The number of nitrogens with two attached hydrogens (primary N) is 1. The molecule has 1 aromatic heterocycles. The molecule has 0 saturated carbocycles. The Labute approximate surface area is 79.3 Å². The lowest BCUT2D eigenvalue weighted by Crippen LogP contribution is -2.10. The second-order valence-electron chi connectivity index (χ2n) is 2.43. The second kappa shape index (κ2) is 3.73. The zero-order valence-electron chi connectivity index (χ0n) is 7.35. The predicted molar refractivity (Wildman–Crippen MR) is 46.9 cm³/mol. The minimum Gasteiger partial charge on any atom is -0.478 e. The number of esters is 1. The maximum Gasteiger partial charge on any atom is 0.356 e. The van der Waals surface area contributed by atoms with E-state index in [2.05, 4.69) is 9.72 Å². The number of pyridine rings is 1. The van der Waals surface area contributed by atoms with Gasteiger partial charge in [-0.25, -0.2) is 14.6 Å². The number of nitrogen functional groups attached to an aromatic ring is 1. The van der Waals surface area contributed by atoms with Crippen molar-refractivity contribution >= 4 is 17.8 Å². The molecule has 0 aliphatic heterocycles. The molecular weight excluding hydrogens is 188 g/mol. The Morgan fingerprint density at radius 3 is 2.57 bits per heavy atom. The molecule has 0 aliphatic carbocycles. The van der Waals surface area contributed by atoms with Crippen LogP contribution in [0.2, 0.25) is 0 Å². The average Bonchev–Trinajstić information content (AvgIpc) is 2.15. The summed E-state index contributed by atoms with van der Waals surface area (Å²) >= 11 is 0. The van der Waals surface area contributed by atoms with Crippen LogP contribution < -0.4 is 5.73 Å². The van der Waals surface area contributed by atoms with Gasteiger partial charge in [0.2, 0.25) is 0 Å². The van der Waals surface area contributed by atoms with Crippen LogP contribution in [0.15, 0.2) is 12.1 Å². The van der Waals surface area contributed by atoms with Crippen molar-refractivity contribution in [2.75, 3.05) is 12.8 Å². The first kappa shape index (κ1) is 9.97. The number of carbonyl (C=O) groups is 2. The molecule has 6 heteroatoms. The van der Waals surface area contributed by atoms with Crippen molar-refractivity contribution in [2.24, 2.45) is 0 Å². The molecule has 1 aromatic rings. The fourth-order valence-electron chi connectivity index (χ4n) is 0.874. The van der Waals surface area contributed by atoms with Crippen LogP contribution in [0.1, 0.15) is 20.8 Å². The minimum absolute atomic E-state index is 0.0185. The monoisotopic (exact) mass is 196 g/mol. The first-order chi connectivity index (χ1) is 6.56. The van der Waals surface area contributed by atoms with E-state index >= 15 is 0 Å². The van der Waals surface area contributed by atoms with Crippen LogP contribution in [0.3, 0.4) is 0 Å². The number of ether oxygens (including phenoxy) is 1. The maximum absolute atomic E-state index is 11.0. The van der Waals surface area contributed by atoms with Gasteiger partial charge in [0.05, 0.1) is 7.11 Å². The van der Waals surface area contributed by atoms with Crippen LogP contribution in [0.5, 0.6) is 0 Å². The molecule has 14 heavy (non-hydrogen) atoms. The van der Waals surface area contributed by atoms with Gasteiger partial charge in [-0.2, -0.15) is 0 Å². The van der Waals surface area contributed by atoms with E-state index in [4.69, 9.17) is 10.8 Å². The average molecular weight is 196 g/mol. The van der Waals surface area contributed by atoms with Gasteiger partial charge in [-0.15, -0.1) is 0 Å². The Kier molecular flexibility index (Phi) is 2.66. The molecular formula is C8H8N2O4. The third-order valence-corrected chi connectivity index (χ3v) is 1.55. The van der Waals surface area contributed by atoms with E-state index in [1.165, 1.54) is 19.2 Å². The number of hydrogen-bond donors (Lipinski definition) is 2. The summed E-state index contributed by atoms with van der Waals surface area (Å²) in [5, 5.41) is 8.62. The van der Waals surface area contributed by atoms with Gasteiger partial charge in [0.15, 0.2) is 5.69 Å². The van der Waals surface area contributed by atoms with E-state index < -0.39 is 11.9 Å². The summed E-state index contributed by atoms with van der Waals surface area (Å²) in [6, 6.07) is 2.45. The van der Waals surface area contributed by atoms with Crippen molar-refractivity contribution in [3.63, 3.8) is 0 Å². The largest absolute Gasteiger partial charge is 0.478 e. The topological polar surface area (TPSA) is 103 Å². The number of carbonyl (C=O) groups excluding carboxylic acids is 1. The summed E-state index contributed by atoms with van der Waals surface area (Å²) in [5.74, 6) is -2.06. The summed E-state index contributed by atoms with van der Waals surface area (Å²) in [7, 11) is 1.20. The highest BCUT2D eigenvalue weighted by Crippen LogP contribution is 2.10. The maximum atomic E-state index is 11.0. The van der Waals surface area contributed by atoms with Crippen LogP contribution >= 0.6 is 0 Å². The first-order valence-electron chi connectivity index (χ1n) is 3.64. The van der Waals surface area contributed by atoms with Gasteiger partial charge in [0.25, 0.3) is 0 Å². The number of rotatable bonds is 2. The van der Waals surface area contributed by atoms with Crippen molar-refractivity contribution in [2.45, 2.75) is 0 Å². The zero-order valence-corrected chi connectivity index (χ0v) is 7.35. The van der Waals surface area contributed by atoms with Crippen LogP contribution in [-0.2, 0) is 4.74 Å². The fraction of sp³-hybridized carbons (Fsp3) is 0.125. The summed E-state index contributed by atoms with van der Waals surface area (Å²) in [6.45, 7) is 0. The third kappa shape index (κ3) is 1.79. The van der Waals surface area contributed by atoms with Crippen LogP contribution in [0, 0.1) is 0 Å². The highest BCUT2D eigenvalue weighted by atomic mass is 16.5. The molecule has 0 fully saturated rings. The molecule has 0 atom stereocenters. The quantitative estimate of drug-likeness (QED) is 0.652. The van der Waals surface area contributed by atoms with Crippen LogP contribution in [0.4, 0.5) is 5.82 Å². The lowest BCUT2D eigenvalue weighted by atomic mass is 10.2. The fourth-order valence-corrected chi connectivity index (χ4v) is 0.874. The van der Waals surface area contributed by atoms with Gasteiger partial charge < -0.3 is 15.6 Å². The van der Waals surface area contributed by atoms with Gasteiger partial charge >= 0.3 is 11.9 Å². The lowest BCUT2D eigenvalue weighted by Gasteiger charge is -2.02. The minimum atomic E-state index is -1.19. The van der Waals surface area contributed by atoms with E-state index in [0.717, 1.165) is 0 Å². The molecule has 74 valence electrons. The first-order valence-corrected chi connectivity index (χ1v) is 3.64. The van der Waals surface area contributed by atoms with Crippen molar-refractivity contribution in [3.8, 4) is 0 Å². The molecule has 1 rings (SSSR count). The zero-order chi connectivity index (χ0) is 10.7. The van der Waals surface area contributed by atoms with Gasteiger partial charge in [-0.3, -0.25) is 0 Å². The standard InChI is InChI=1S/C8H8N2O4/c1-14-8(13)5-3-2-4(7(11)12)6(9)10-5/h2-3H,1H3,(H2,9,10)(H,11,12). The molecule has 0 bridgehead atoms. The molecule has 0 aromatic carbocycles.